The van der Waals surface area contributed by atoms with E-state index in [1.165, 1.54) is 13.0 Å². The molecular formula is C17H23N5O3S2. The fourth-order valence-corrected chi connectivity index (χ4v) is 5.16. The van der Waals surface area contributed by atoms with Crippen LogP contribution in [0, 0.1) is 6.92 Å². The van der Waals surface area contributed by atoms with Crippen LogP contribution in [0.2, 0.25) is 0 Å². The topological polar surface area (TPSA) is 104 Å². The van der Waals surface area contributed by atoms with E-state index in [0.29, 0.717) is 12.4 Å². The standard InChI is InChI=1S/C17H23N5O3S2/c1-12-9-16(22-7-3-4-8-22)21-15(20-12)11-19-27(24,25)17-6-5-14(26-17)10-18-13(2)23/h5-6,9,19H,3-4,7-8,10-11H2,1-2H3,(H,18,23). The van der Waals surface area contributed by atoms with Gasteiger partial charge in [0.15, 0.2) is 0 Å². The van der Waals surface area contributed by atoms with E-state index in [9.17, 15) is 13.2 Å². The average Bonchev–Trinajstić information content (AvgIpc) is 3.30. The van der Waals surface area contributed by atoms with Crippen molar-refractivity contribution < 1.29 is 13.2 Å². The van der Waals surface area contributed by atoms with E-state index in [0.717, 1.165) is 53.7 Å². The van der Waals surface area contributed by atoms with Crippen LogP contribution in [0.1, 0.15) is 36.2 Å². The Balaban J connectivity index is 1.67. The van der Waals surface area contributed by atoms with Gasteiger partial charge < -0.3 is 10.2 Å². The summed E-state index contributed by atoms with van der Waals surface area (Å²) in [6.07, 6.45) is 2.29. The van der Waals surface area contributed by atoms with E-state index in [1.54, 1.807) is 6.07 Å². The minimum atomic E-state index is -3.66. The maximum atomic E-state index is 12.5. The zero-order valence-electron chi connectivity index (χ0n) is 15.4. The number of hydrogen-bond donors (Lipinski definition) is 2. The highest BCUT2D eigenvalue weighted by Crippen LogP contribution is 2.22. The van der Waals surface area contributed by atoms with Gasteiger partial charge in [0, 0.05) is 36.7 Å². The second-order valence-electron chi connectivity index (χ2n) is 6.43. The van der Waals surface area contributed by atoms with Gasteiger partial charge in [0.05, 0.1) is 13.1 Å². The Kier molecular flexibility index (Phi) is 6.08. The summed E-state index contributed by atoms with van der Waals surface area (Å²) in [6, 6.07) is 5.16. The summed E-state index contributed by atoms with van der Waals surface area (Å²) < 4.78 is 27.8. The van der Waals surface area contributed by atoms with Crippen LogP contribution in [0.25, 0.3) is 0 Å². The fourth-order valence-electron chi connectivity index (χ4n) is 2.84. The number of nitrogens with zero attached hydrogens (tertiary/aromatic N) is 3. The highest BCUT2D eigenvalue weighted by atomic mass is 32.2. The Labute approximate surface area is 163 Å². The van der Waals surface area contributed by atoms with E-state index in [4.69, 9.17) is 0 Å². The van der Waals surface area contributed by atoms with Crippen LogP contribution in [0.5, 0.6) is 0 Å². The first-order chi connectivity index (χ1) is 12.8. The zero-order valence-corrected chi connectivity index (χ0v) is 17.0. The third-order valence-electron chi connectivity index (χ3n) is 4.15. The molecule has 2 aromatic heterocycles. The third kappa shape index (κ3) is 5.24. The number of nitrogens with one attached hydrogen (secondary N) is 2. The normalized spacial score (nSPS) is 14.5. The van der Waals surface area contributed by atoms with Crippen molar-refractivity contribution in [1.29, 1.82) is 0 Å². The lowest BCUT2D eigenvalue weighted by Gasteiger charge is -2.17. The van der Waals surface area contributed by atoms with E-state index in [-0.39, 0.29) is 16.7 Å². The van der Waals surface area contributed by atoms with Gasteiger partial charge in [0.1, 0.15) is 15.9 Å². The molecule has 2 N–H and O–H groups in total. The van der Waals surface area contributed by atoms with Crippen LogP contribution in [-0.2, 0) is 27.9 Å². The average molecular weight is 410 g/mol. The number of aromatic nitrogens is 2. The van der Waals surface area contributed by atoms with Crippen LogP contribution in [0.15, 0.2) is 22.4 Å². The van der Waals surface area contributed by atoms with Crippen molar-refractivity contribution in [1.82, 2.24) is 20.0 Å². The molecule has 0 aromatic carbocycles. The molecule has 1 amide bonds. The van der Waals surface area contributed by atoms with Crippen molar-refractivity contribution >= 4 is 33.1 Å². The van der Waals surface area contributed by atoms with Gasteiger partial charge in [-0.15, -0.1) is 11.3 Å². The molecule has 1 fully saturated rings. The maximum absolute atomic E-state index is 12.5. The highest BCUT2D eigenvalue weighted by molar-refractivity contribution is 7.91. The molecule has 0 spiro atoms. The number of carbonyl (C=O) groups is 1. The molecule has 1 aliphatic rings. The molecule has 27 heavy (non-hydrogen) atoms. The Morgan fingerprint density at radius 1 is 1.22 bits per heavy atom. The predicted octanol–water partition coefficient (Wildman–Crippen LogP) is 1.56. The molecule has 0 saturated carbocycles. The number of sulfonamides is 1. The van der Waals surface area contributed by atoms with E-state index in [2.05, 4.69) is 24.9 Å². The number of anilines is 1. The molecule has 0 radical (unpaired) electrons. The Hall–Kier alpha value is -2.04. The Morgan fingerprint density at radius 3 is 2.67 bits per heavy atom. The van der Waals surface area contributed by atoms with Crippen LogP contribution in [0.4, 0.5) is 5.82 Å². The van der Waals surface area contributed by atoms with Gasteiger partial charge in [-0.3, -0.25) is 4.79 Å². The van der Waals surface area contributed by atoms with E-state index < -0.39 is 10.0 Å². The fraction of sp³-hybridized carbons (Fsp3) is 0.471. The summed E-state index contributed by atoms with van der Waals surface area (Å²) in [5.74, 6) is 1.15. The molecule has 10 heteroatoms. The van der Waals surface area contributed by atoms with Crippen molar-refractivity contribution in [2.75, 3.05) is 18.0 Å². The molecule has 146 valence electrons. The van der Waals surface area contributed by atoms with Crippen molar-refractivity contribution in [2.24, 2.45) is 0 Å². The van der Waals surface area contributed by atoms with Gasteiger partial charge in [0.2, 0.25) is 15.9 Å². The lowest BCUT2D eigenvalue weighted by molar-refractivity contribution is -0.119. The first kappa shape index (κ1) is 19.7. The smallest absolute Gasteiger partial charge is 0.250 e. The molecule has 3 rings (SSSR count). The lowest BCUT2D eigenvalue weighted by atomic mass is 10.4. The van der Waals surface area contributed by atoms with Crippen molar-refractivity contribution in [2.45, 2.75) is 44.0 Å². The van der Waals surface area contributed by atoms with Crippen LogP contribution in [-0.4, -0.2) is 37.4 Å². The summed E-state index contributed by atoms with van der Waals surface area (Å²) in [5, 5.41) is 2.66. The second kappa shape index (κ2) is 8.32. The van der Waals surface area contributed by atoms with Gasteiger partial charge >= 0.3 is 0 Å². The minimum absolute atomic E-state index is 0.0315. The quantitative estimate of drug-likeness (QED) is 0.719. The first-order valence-electron chi connectivity index (χ1n) is 8.76. The van der Waals surface area contributed by atoms with Gasteiger partial charge in [-0.05, 0) is 31.9 Å². The zero-order chi connectivity index (χ0) is 19.4. The molecule has 0 bridgehead atoms. The maximum Gasteiger partial charge on any atom is 0.250 e. The minimum Gasteiger partial charge on any atom is -0.357 e. The number of thiophene rings is 1. The molecule has 8 nitrogen and oxygen atoms in total. The Bertz CT molecular complexity index is 920. The van der Waals surface area contributed by atoms with E-state index in [1.807, 2.05) is 13.0 Å². The van der Waals surface area contributed by atoms with Crippen LogP contribution >= 0.6 is 11.3 Å². The van der Waals surface area contributed by atoms with Gasteiger partial charge in [0.25, 0.3) is 0 Å². The first-order valence-corrected chi connectivity index (χ1v) is 11.1. The lowest BCUT2D eigenvalue weighted by Crippen LogP contribution is -2.25. The van der Waals surface area contributed by atoms with Crippen molar-refractivity contribution in [3.63, 3.8) is 0 Å². The van der Waals surface area contributed by atoms with Gasteiger partial charge in [-0.25, -0.2) is 23.1 Å². The molecule has 2 aromatic rings. The molecule has 0 aliphatic carbocycles. The molecule has 1 aliphatic heterocycles. The Morgan fingerprint density at radius 2 is 1.96 bits per heavy atom. The third-order valence-corrected chi connectivity index (χ3v) is 7.13. The van der Waals surface area contributed by atoms with Gasteiger partial charge in [-0.1, -0.05) is 0 Å². The monoisotopic (exact) mass is 409 g/mol. The summed E-state index contributed by atoms with van der Waals surface area (Å²) in [4.78, 5) is 22.8. The van der Waals surface area contributed by atoms with Crippen LogP contribution in [0.3, 0.4) is 0 Å². The SMILES string of the molecule is CC(=O)NCc1ccc(S(=O)(=O)NCc2nc(C)cc(N3CCCC3)n2)s1. The predicted molar refractivity (Wildman–Crippen MR) is 104 cm³/mol. The second-order valence-corrected chi connectivity index (χ2v) is 9.60. The molecule has 3 heterocycles. The summed E-state index contributed by atoms with van der Waals surface area (Å²) in [6.45, 7) is 5.58. The van der Waals surface area contributed by atoms with Crippen molar-refractivity contribution in [3.8, 4) is 0 Å². The van der Waals surface area contributed by atoms with Gasteiger partial charge in [-0.2, -0.15) is 0 Å². The number of amides is 1. The molecule has 1 saturated heterocycles. The molecule has 0 unspecified atom stereocenters. The number of aryl methyl sites for hydroxylation is 1. The molecule has 0 atom stereocenters. The van der Waals surface area contributed by atoms with Crippen LogP contribution < -0.4 is 14.9 Å². The number of rotatable bonds is 7. The van der Waals surface area contributed by atoms with E-state index >= 15 is 0 Å². The largest absolute Gasteiger partial charge is 0.357 e. The molecular weight excluding hydrogens is 386 g/mol. The number of carbonyl (C=O) groups excluding carboxylic acids is 1. The summed E-state index contributed by atoms with van der Waals surface area (Å²) >= 11 is 1.13. The summed E-state index contributed by atoms with van der Waals surface area (Å²) in [5.41, 5.74) is 0.815. The number of hydrogen-bond acceptors (Lipinski definition) is 7. The van der Waals surface area contributed by atoms with Crippen molar-refractivity contribution in [3.05, 3.63) is 34.6 Å². The highest BCUT2D eigenvalue weighted by Gasteiger charge is 2.19. The summed E-state index contributed by atoms with van der Waals surface area (Å²) in [7, 11) is -3.66.